The summed E-state index contributed by atoms with van der Waals surface area (Å²) in [5.74, 6) is 2.02. The van der Waals surface area contributed by atoms with Crippen molar-refractivity contribution in [3.8, 4) is 11.5 Å². The van der Waals surface area contributed by atoms with Gasteiger partial charge in [0.05, 0.1) is 24.9 Å². The van der Waals surface area contributed by atoms with Crippen LogP contribution in [0.1, 0.15) is 27.7 Å². The van der Waals surface area contributed by atoms with Gasteiger partial charge >= 0.3 is 0 Å². The molecule has 156 valence electrons. The molecule has 1 unspecified atom stereocenters. The first-order valence-electron chi connectivity index (χ1n) is 8.61. The van der Waals surface area contributed by atoms with Gasteiger partial charge in [-0.2, -0.15) is 0 Å². The Morgan fingerprint density at radius 1 is 1.26 bits per heavy atom. The van der Waals surface area contributed by atoms with Crippen LogP contribution in [0.3, 0.4) is 0 Å². The number of hydrogen-bond acceptors (Lipinski definition) is 5. The lowest BCUT2D eigenvalue weighted by molar-refractivity contribution is 0.223. The van der Waals surface area contributed by atoms with Crippen LogP contribution >= 0.6 is 24.0 Å². The third-order valence-electron chi connectivity index (χ3n) is 3.90. The fourth-order valence-electron chi connectivity index (χ4n) is 1.92. The van der Waals surface area contributed by atoms with Crippen molar-refractivity contribution in [3.05, 3.63) is 24.3 Å². The van der Waals surface area contributed by atoms with E-state index in [1.165, 1.54) is 6.26 Å². The molecule has 27 heavy (non-hydrogen) atoms. The zero-order valence-electron chi connectivity index (χ0n) is 16.9. The van der Waals surface area contributed by atoms with Gasteiger partial charge in [-0.25, -0.2) is 8.42 Å². The number of nitrogens with one attached hydrogen (secondary N) is 2. The summed E-state index contributed by atoms with van der Waals surface area (Å²) in [6.45, 7) is 8.60. The Kier molecular flexibility index (Phi) is 11.0. The lowest BCUT2D eigenvalue weighted by atomic mass is 10.2. The molecule has 1 aromatic carbocycles. The Labute approximate surface area is 180 Å². The molecule has 1 atom stereocenters. The lowest BCUT2D eigenvalue weighted by Gasteiger charge is -2.22. The van der Waals surface area contributed by atoms with Crippen molar-refractivity contribution in [1.82, 2.24) is 10.6 Å². The molecule has 0 spiro atoms. The molecule has 0 heterocycles. The second kappa shape index (κ2) is 11.6. The summed E-state index contributed by atoms with van der Waals surface area (Å²) < 4.78 is 33.7. The van der Waals surface area contributed by atoms with Gasteiger partial charge < -0.3 is 20.1 Å². The topological polar surface area (TPSA) is 89.0 Å². The first-order chi connectivity index (χ1) is 12.1. The summed E-state index contributed by atoms with van der Waals surface area (Å²) >= 11 is 0. The fraction of sp³-hybridized carbons (Fsp3) is 0.611. The van der Waals surface area contributed by atoms with Crippen LogP contribution in [0.2, 0.25) is 0 Å². The molecule has 1 aromatic rings. The van der Waals surface area contributed by atoms with Crippen molar-refractivity contribution in [2.75, 3.05) is 33.0 Å². The Bertz CT molecular complexity index is 708. The van der Waals surface area contributed by atoms with Gasteiger partial charge in [-0.05, 0) is 39.8 Å². The molecule has 2 N–H and O–H groups in total. The van der Waals surface area contributed by atoms with Gasteiger partial charge in [0.2, 0.25) is 0 Å². The molecule has 0 bridgehead atoms. The largest absolute Gasteiger partial charge is 0.497 e. The minimum atomic E-state index is -3.19. The number of methoxy groups -OCH3 is 1. The van der Waals surface area contributed by atoms with E-state index in [-0.39, 0.29) is 36.6 Å². The number of halogens is 1. The average molecular weight is 513 g/mol. The number of hydrogen-bond donors (Lipinski definition) is 2. The van der Waals surface area contributed by atoms with Gasteiger partial charge in [0.15, 0.2) is 15.8 Å². The van der Waals surface area contributed by atoms with Crippen molar-refractivity contribution in [1.29, 1.82) is 0 Å². The lowest BCUT2D eigenvalue weighted by Crippen LogP contribution is -2.43. The highest BCUT2D eigenvalue weighted by Gasteiger charge is 2.29. The van der Waals surface area contributed by atoms with Crippen LogP contribution in [0.15, 0.2) is 29.3 Å². The molecule has 0 aliphatic rings. The first-order valence-corrected chi connectivity index (χ1v) is 10.5. The van der Waals surface area contributed by atoms with Crippen LogP contribution in [0.25, 0.3) is 0 Å². The molecule has 0 aliphatic carbocycles. The van der Waals surface area contributed by atoms with Gasteiger partial charge in [-0.1, -0.05) is 6.07 Å². The number of aliphatic imine (C=N–C) groups is 1. The summed E-state index contributed by atoms with van der Waals surface area (Å²) in [5, 5.41) is 6.29. The standard InChI is InChI=1S/C18H31N3O4S.HI/c1-7-19-17(21-13-18(3,4)26(6,22)23)20-12-14(2)25-16-10-8-9-15(11-16)24-5;/h8-11,14H,7,12-13H2,1-6H3,(H2,19,20,21);1H. The van der Waals surface area contributed by atoms with E-state index in [4.69, 9.17) is 9.47 Å². The predicted molar refractivity (Wildman–Crippen MR) is 121 cm³/mol. The maximum Gasteiger partial charge on any atom is 0.191 e. The SMILES string of the molecule is CCNC(=NCC(C)(C)S(C)(=O)=O)NCC(C)Oc1cccc(OC)c1.I. The fourth-order valence-corrected chi connectivity index (χ4v) is 2.22. The van der Waals surface area contributed by atoms with E-state index in [1.807, 2.05) is 38.1 Å². The van der Waals surface area contributed by atoms with Crippen molar-refractivity contribution in [2.45, 2.75) is 38.5 Å². The molecular weight excluding hydrogens is 481 g/mol. The van der Waals surface area contributed by atoms with E-state index < -0.39 is 14.6 Å². The molecule has 0 fully saturated rings. The summed E-state index contributed by atoms with van der Waals surface area (Å²) in [6, 6.07) is 7.42. The molecule has 0 aliphatic heterocycles. The van der Waals surface area contributed by atoms with Crippen LogP contribution in [-0.2, 0) is 9.84 Å². The third kappa shape index (κ3) is 9.00. The molecule has 0 saturated heterocycles. The van der Waals surface area contributed by atoms with E-state index in [1.54, 1.807) is 21.0 Å². The van der Waals surface area contributed by atoms with Gasteiger partial charge in [-0.15, -0.1) is 24.0 Å². The summed E-state index contributed by atoms with van der Waals surface area (Å²) in [6.07, 6.45) is 1.11. The van der Waals surface area contributed by atoms with E-state index in [2.05, 4.69) is 15.6 Å². The van der Waals surface area contributed by atoms with Gasteiger partial charge in [-0.3, -0.25) is 4.99 Å². The van der Waals surface area contributed by atoms with E-state index >= 15 is 0 Å². The van der Waals surface area contributed by atoms with E-state index in [0.29, 0.717) is 19.0 Å². The van der Waals surface area contributed by atoms with Gasteiger partial charge in [0.1, 0.15) is 17.6 Å². The van der Waals surface area contributed by atoms with Crippen LogP contribution in [0, 0.1) is 0 Å². The first kappa shape index (κ1) is 25.8. The maximum atomic E-state index is 11.8. The average Bonchev–Trinajstić information content (AvgIpc) is 2.56. The van der Waals surface area contributed by atoms with Crippen molar-refractivity contribution >= 4 is 39.8 Å². The van der Waals surface area contributed by atoms with E-state index in [9.17, 15) is 8.42 Å². The van der Waals surface area contributed by atoms with Crippen molar-refractivity contribution < 1.29 is 17.9 Å². The highest BCUT2D eigenvalue weighted by atomic mass is 127. The van der Waals surface area contributed by atoms with Crippen molar-refractivity contribution in [3.63, 3.8) is 0 Å². The molecule has 7 nitrogen and oxygen atoms in total. The summed E-state index contributed by atoms with van der Waals surface area (Å²) in [4.78, 5) is 4.40. The van der Waals surface area contributed by atoms with Crippen LogP contribution in [0.5, 0.6) is 11.5 Å². The predicted octanol–water partition coefficient (Wildman–Crippen LogP) is 2.46. The number of sulfone groups is 1. The Morgan fingerprint density at radius 3 is 2.44 bits per heavy atom. The Morgan fingerprint density at radius 2 is 1.89 bits per heavy atom. The minimum Gasteiger partial charge on any atom is -0.497 e. The molecule has 1 rings (SSSR count). The molecule has 0 saturated carbocycles. The number of benzene rings is 1. The molecule has 0 amide bonds. The van der Waals surface area contributed by atoms with Gasteiger partial charge in [0, 0.05) is 18.9 Å². The Hall–Kier alpha value is -1.23. The zero-order chi connectivity index (χ0) is 19.8. The quantitative estimate of drug-likeness (QED) is 0.300. The molecule has 0 aromatic heterocycles. The Balaban J connectivity index is 0.00000676. The van der Waals surface area contributed by atoms with Crippen LogP contribution < -0.4 is 20.1 Å². The normalized spacial score (nSPS) is 13.3. The zero-order valence-corrected chi connectivity index (χ0v) is 20.1. The maximum absolute atomic E-state index is 11.8. The number of nitrogens with zero attached hydrogens (tertiary/aromatic N) is 1. The highest BCUT2D eigenvalue weighted by Crippen LogP contribution is 2.19. The summed E-state index contributed by atoms with van der Waals surface area (Å²) in [5.41, 5.74) is 0. The second-order valence-electron chi connectivity index (χ2n) is 6.72. The third-order valence-corrected chi connectivity index (χ3v) is 6.04. The number of guanidine groups is 1. The second-order valence-corrected chi connectivity index (χ2v) is 9.36. The minimum absolute atomic E-state index is 0. The van der Waals surface area contributed by atoms with Crippen molar-refractivity contribution in [2.24, 2.45) is 4.99 Å². The smallest absolute Gasteiger partial charge is 0.191 e. The van der Waals surface area contributed by atoms with Gasteiger partial charge in [0.25, 0.3) is 0 Å². The van der Waals surface area contributed by atoms with E-state index in [0.717, 1.165) is 11.5 Å². The molecule has 0 radical (unpaired) electrons. The number of ether oxygens (including phenoxy) is 2. The molecule has 9 heteroatoms. The summed E-state index contributed by atoms with van der Waals surface area (Å²) in [7, 11) is -1.58. The molecular formula is C18H32IN3O4S. The number of rotatable bonds is 9. The highest BCUT2D eigenvalue weighted by molar-refractivity contribution is 14.0. The van der Waals surface area contributed by atoms with Crippen LogP contribution in [-0.4, -0.2) is 58.2 Å². The monoisotopic (exact) mass is 513 g/mol. The van der Waals surface area contributed by atoms with Crippen LogP contribution in [0.4, 0.5) is 0 Å².